The van der Waals surface area contributed by atoms with Crippen LogP contribution in [-0.2, 0) is 6.18 Å². The number of benzene rings is 6. The van der Waals surface area contributed by atoms with Crippen LogP contribution in [0, 0.1) is 0 Å². The van der Waals surface area contributed by atoms with E-state index in [0.717, 1.165) is 55.8 Å². The van der Waals surface area contributed by atoms with Crippen LogP contribution in [0.15, 0.2) is 138 Å². The molecule has 2 heterocycles. The number of fused-ring (bicyclic) bond motifs is 6. The summed E-state index contributed by atoms with van der Waals surface area (Å²) in [6, 6.07) is 42.9. The van der Waals surface area contributed by atoms with Gasteiger partial charge in [0.15, 0.2) is 0 Å². The molecule has 0 saturated heterocycles. The SMILES string of the molecule is FC(F)(F)c1ccc2oc3ccc(-c4ccc5c(c4)c4cc(-c6ccccc6)ccc4n5-c4ccccc4)cc3c2c1. The van der Waals surface area contributed by atoms with Gasteiger partial charge in [0.2, 0.25) is 0 Å². The van der Waals surface area contributed by atoms with E-state index in [1.165, 1.54) is 12.1 Å². The molecule has 8 rings (SSSR count). The van der Waals surface area contributed by atoms with Crippen LogP contribution < -0.4 is 0 Å². The highest BCUT2D eigenvalue weighted by Gasteiger charge is 2.31. The average molecular weight is 554 g/mol. The lowest BCUT2D eigenvalue weighted by Crippen LogP contribution is -2.03. The number of hydrogen-bond donors (Lipinski definition) is 0. The molecule has 42 heavy (non-hydrogen) atoms. The van der Waals surface area contributed by atoms with Crippen LogP contribution in [0.3, 0.4) is 0 Å². The summed E-state index contributed by atoms with van der Waals surface area (Å²) < 4.78 is 48.6. The van der Waals surface area contributed by atoms with Crippen molar-refractivity contribution < 1.29 is 17.6 Å². The molecule has 0 aliphatic heterocycles. The predicted molar refractivity (Wildman–Crippen MR) is 164 cm³/mol. The number of halogens is 3. The Bertz CT molecular complexity index is 2280. The average Bonchev–Trinajstić information content (AvgIpc) is 3.55. The van der Waals surface area contributed by atoms with Crippen LogP contribution in [0.2, 0.25) is 0 Å². The summed E-state index contributed by atoms with van der Waals surface area (Å²) in [4.78, 5) is 0. The largest absolute Gasteiger partial charge is 0.456 e. The number of hydrogen-bond acceptors (Lipinski definition) is 1. The van der Waals surface area contributed by atoms with E-state index in [4.69, 9.17) is 4.42 Å². The van der Waals surface area contributed by atoms with E-state index in [1.54, 1.807) is 0 Å². The second-order valence-electron chi connectivity index (χ2n) is 10.5. The molecule has 0 aliphatic rings. The van der Waals surface area contributed by atoms with Crippen LogP contribution >= 0.6 is 0 Å². The third-order valence-corrected chi connectivity index (χ3v) is 8.02. The zero-order valence-electron chi connectivity index (χ0n) is 22.2. The molecule has 0 atom stereocenters. The lowest BCUT2D eigenvalue weighted by atomic mass is 9.99. The highest BCUT2D eigenvalue weighted by atomic mass is 19.4. The van der Waals surface area contributed by atoms with Crippen molar-refractivity contribution in [2.24, 2.45) is 0 Å². The molecule has 0 N–H and O–H groups in total. The number of aromatic nitrogens is 1. The topological polar surface area (TPSA) is 18.1 Å². The van der Waals surface area contributed by atoms with Crippen LogP contribution in [-0.4, -0.2) is 4.57 Å². The second-order valence-corrected chi connectivity index (χ2v) is 10.5. The predicted octanol–water partition coefficient (Wildman–Crippen LogP) is 11.0. The van der Waals surface area contributed by atoms with Gasteiger partial charge in [0, 0.05) is 27.2 Å². The van der Waals surface area contributed by atoms with E-state index >= 15 is 0 Å². The first-order valence-electron chi connectivity index (χ1n) is 13.7. The fraction of sp³-hybridized carbons (Fsp3) is 0.0270. The molecule has 2 nitrogen and oxygen atoms in total. The first kappa shape index (κ1) is 24.5. The Labute approximate surface area is 238 Å². The van der Waals surface area contributed by atoms with E-state index in [0.29, 0.717) is 21.9 Å². The van der Waals surface area contributed by atoms with Gasteiger partial charge in [-0.25, -0.2) is 0 Å². The van der Waals surface area contributed by atoms with Crippen LogP contribution in [0.5, 0.6) is 0 Å². The third-order valence-electron chi connectivity index (χ3n) is 8.02. The first-order chi connectivity index (χ1) is 20.4. The van der Waals surface area contributed by atoms with Crippen molar-refractivity contribution in [3.63, 3.8) is 0 Å². The normalized spacial score (nSPS) is 12.2. The van der Waals surface area contributed by atoms with Crippen LogP contribution in [0.4, 0.5) is 13.2 Å². The zero-order chi connectivity index (χ0) is 28.4. The maximum atomic E-state index is 13.5. The number of para-hydroxylation sites is 1. The lowest BCUT2D eigenvalue weighted by molar-refractivity contribution is -0.137. The van der Waals surface area contributed by atoms with E-state index in [2.05, 4.69) is 65.2 Å². The minimum atomic E-state index is -4.42. The Kier molecular flexibility index (Phi) is 5.32. The minimum Gasteiger partial charge on any atom is -0.456 e. The first-order valence-corrected chi connectivity index (χ1v) is 13.7. The van der Waals surface area contributed by atoms with Gasteiger partial charge < -0.3 is 8.98 Å². The second kappa shape index (κ2) is 9.11. The molecule has 5 heteroatoms. The molecular formula is C37H22F3NO. The van der Waals surface area contributed by atoms with Crippen molar-refractivity contribution in [1.82, 2.24) is 4.57 Å². The molecule has 0 amide bonds. The van der Waals surface area contributed by atoms with Crippen molar-refractivity contribution in [1.29, 1.82) is 0 Å². The van der Waals surface area contributed by atoms with Gasteiger partial charge in [-0.15, -0.1) is 0 Å². The number of furan rings is 1. The van der Waals surface area contributed by atoms with Crippen LogP contribution in [0.1, 0.15) is 5.56 Å². The summed E-state index contributed by atoms with van der Waals surface area (Å²) in [5.41, 5.74) is 7.72. The molecule has 8 aromatic rings. The number of nitrogens with zero attached hydrogens (tertiary/aromatic N) is 1. The molecule has 0 bridgehead atoms. The van der Waals surface area contributed by atoms with Gasteiger partial charge in [-0.05, 0) is 89.0 Å². The summed E-state index contributed by atoms with van der Waals surface area (Å²) >= 11 is 0. The van der Waals surface area contributed by atoms with Crippen molar-refractivity contribution in [3.8, 4) is 27.9 Å². The van der Waals surface area contributed by atoms with E-state index in [1.807, 2.05) is 54.6 Å². The minimum absolute atomic E-state index is 0.435. The van der Waals surface area contributed by atoms with E-state index in [9.17, 15) is 13.2 Å². The van der Waals surface area contributed by atoms with Crippen molar-refractivity contribution in [3.05, 3.63) is 139 Å². The molecule has 6 aromatic carbocycles. The summed E-state index contributed by atoms with van der Waals surface area (Å²) in [5.74, 6) is 0. The number of alkyl halides is 3. The van der Waals surface area contributed by atoms with E-state index < -0.39 is 11.7 Å². The van der Waals surface area contributed by atoms with Gasteiger partial charge >= 0.3 is 6.18 Å². The van der Waals surface area contributed by atoms with Gasteiger partial charge in [0.1, 0.15) is 11.2 Å². The summed E-state index contributed by atoms with van der Waals surface area (Å²) in [6.45, 7) is 0. The molecular weight excluding hydrogens is 531 g/mol. The van der Waals surface area contributed by atoms with Gasteiger partial charge in [-0.2, -0.15) is 13.2 Å². The summed E-state index contributed by atoms with van der Waals surface area (Å²) in [7, 11) is 0. The van der Waals surface area contributed by atoms with Crippen molar-refractivity contribution >= 4 is 43.7 Å². The number of rotatable bonds is 3. The van der Waals surface area contributed by atoms with Gasteiger partial charge in [0.25, 0.3) is 0 Å². The highest BCUT2D eigenvalue weighted by molar-refractivity contribution is 6.12. The standard InChI is InChI=1S/C37H22F3NO/c38-37(39,40)27-14-18-36-32(22-27)31-21-26(13-17-35(31)42-36)25-12-16-34-30(20-25)29-19-24(23-7-3-1-4-8-23)11-15-33(29)41(34)28-9-5-2-6-10-28/h1-22H. The molecule has 0 unspecified atom stereocenters. The Morgan fingerprint density at radius 2 is 0.952 bits per heavy atom. The van der Waals surface area contributed by atoms with Crippen molar-refractivity contribution in [2.45, 2.75) is 6.18 Å². The quantitative estimate of drug-likeness (QED) is 0.213. The molecule has 0 fully saturated rings. The monoisotopic (exact) mass is 553 g/mol. The molecule has 0 aliphatic carbocycles. The Morgan fingerprint density at radius 1 is 0.452 bits per heavy atom. The fourth-order valence-corrected chi connectivity index (χ4v) is 6.00. The molecule has 2 aromatic heterocycles. The molecule has 0 spiro atoms. The highest BCUT2D eigenvalue weighted by Crippen LogP contribution is 2.40. The van der Waals surface area contributed by atoms with Gasteiger partial charge in [-0.1, -0.05) is 66.7 Å². The maximum Gasteiger partial charge on any atom is 0.416 e. The van der Waals surface area contributed by atoms with Crippen molar-refractivity contribution in [2.75, 3.05) is 0 Å². The molecule has 0 radical (unpaired) electrons. The van der Waals surface area contributed by atoms with E-state index in [-0.39, 0.29) is 0 Å². The smallest absolute Gasteiger partial charge is 0.416 e. The Morgan fingerprint density at radius 3 is 1.57 bits per heavy atom. The van der Waals surface area contributed by atoms with Gasteiger partial charge in [-0.3, -0.25) is 0 Å². The molecule has 0 saturated carbocycles. The summed E-state index contributed by atoms with van der Waals surface area (Å²) in [6.07, 6.45) is -4.42. The Balaban J connectivity index is 1.35. The lowest BCUT2D eigenvalue weighted by Gasteiger charge is -2.08. The van der Waals surface area contributed by atoms with Gasteiger partial charge in [0.05, 0.1) is 16.6 Å². The fourth-order valence-electron chi connectivity index (χ4n) is 6.00. The molecule has 202 valence electrons. The summed E-state index contributed by atoms with van der Waals surface area (Å²) in [5, 5.41) is 3.34. The Hall–Kier alpha value is -5.29. The zero-order valence-corrected chi connectivity index (χ0v) is 22.2. The van der Waals surface area contributed by atoms with Crippen LogP contribution in [0.25, 0.3) is 71.7 Å². The maximum absolute atomic E-state index is 13.5. The third kappa shape index (κ3) is 3.89.